The minimum Gasteiger partial charge on any atom is -0.376 e. The van der Waals surface area contributed by atoms with Gasteiger partial charge in [-0.3, -0.25) is 0 Å². The lowest BCUT2D eigenvalue weighted by Gasteiger charge is -2.15. The zero-order chi connectivity index (χ0) is 12.4. The fourth-order valence-electron chi connectivity index (χ4n) is 1.63. The second-order valence-electron chi connectivity index (χ2n) is 3.79. The molecule has 0 aliphatic heterocycles. The van der Waals surface area contributed by atoms with E-state index in [1.807, 2.05) is 19.4 Å². The van der Waals surface area contributed by atoms with Crippen LogP contribution in [-0.4, -0.2) is 4.98 Å². The predicted octanol–water partition coefficient (Wildman–Crippen LogP) is 4.42. The van der Waals surface area contributed by atoms with Crippen LogP contribution in [0, 0.1) is 12.7 Å². The molecule has 0 saturated heterocycles. The van der Waals surface area contributed by atoms with Crippen LogP contribution in [0.3, 0.4) is 0 Å². The largest absolute Gasteiger partial charge is 0.376 e. The fraction of sp³-hybridized carbons (Fsp3) is 0.250. The van der Waals surface area contributed by atoms with Crippen molar-refractivity contribution in [3.05, 3.63) is 45.1 Å². The molecule has 1 N–H and O–H groups in total. The molecule has 2 nitrogen and oxygen atoms in total. The van der Waals surface area contributed by atoms with E-state index in [2.05, 4.69) is 10.3 Å². The molecular formula is C12H12ClFN2S. The zero-order valence-corrected chi connectivity index (χ0v) is 11.1. The third-order valence-electron chi connectivity index (χ3n) is 2.48. The Hall–Kier alpha value is -1.13. The van der Waals surface area contributed by atoms with Gasteiger partial charge < -0.3 is 5.32 Å². The van der Waals surface area contributed by atoms with Crippen LogP contribution in [0.2, 0.25) is 5.02 Å². The van der Waals surface area contributed by atoms with E-state index in [4.69, 9.17) is 11.6 Å². The van der Waals surface area contributed by atoms with Crippen molar-refractivity contribution in [2.45, 2.75) is 19.9 Å². The quantitative estimate of drug-likeness (QED) is 0.893. The highest BCUT2D eigenvalue weighted by atomic mass is 35.5. The first-order chi connectivity index (χ1) is 8.08. The molecule has 17 heavy (non-hydrogen) atoms. The SMILES string of the molecule is Cc1ncsc1C(C)Nc1ccc(F)cc1Cl. The van der Waals surface area contributed by atoms with Crippen LogP contribution >= 0.6 is 22.9 Å². The summed E-state index contributed by atoms with van der Waals surface area (Å²) in [6, 6.07) is 4.44. The molecule has 0 spiro atoms. The molecule has 1 heterocycles. The first-order valence-electron chi connectivity index (χ1n) is 5.19. The number of rotatable bonds is 3. The summed E-state index contributed by atoms with van der Waals surface area (Å²) in [6.45, 7) is 4.00. The Balaban J connectivity index is 2.19. The first-order valence-corrected chi connectivity index (χ1v) is 6.45. The van der Waals surface area contributed by atoms with Crippen LogP contribution in [0.5, 0.6) is 0 Å². The molecule has 90 valence electrons. The van der Waals surface area contributed by atoms with Crippen molar-refractivity contribution in [1.82, 2.24) is 4.98 Å². The Bertz CT molecular complexity index is 527. The molecule has 0 amide bonds. The van der Waals surface area contributed by atoms with E-state index in [1.165, 1.54) is 12.1 Å². The number of thiazole rings is 1. The van der Waals surface area contributed by atoms with Gasteiger partial charge in [0.05, 0.1) is 28.0 Å². The molecule has 2 aromatic rings. The molecule has 0 radical (unpaired) electrons. The molecule has 0 aliphatic rings. The summed E-state index contributed by atoms with van der Waals surface area (Å²) in [5, 5.41) is 3.64. The highest BCUT2D eigenvalue weighted by molar-refractivity contribution is 7.09. The van der Waals surface area contributed by atoms with Gasteiger partial charge in [0.2, 0.25) is 0 Å². The third kappa shape index (κ3) is 2.76. The summed E-state index contributed by atoms with van der Waals surface area (Å²) < 4.78 is 12.9. The number of hydrogen-bond acceptors (Lipinski definition) is 3. The summed E-state index contributed by atoms with van der Waals surface area (Å²) in [5.74, 6) is -0.331. The van der Waals surface area contributed by atoms with Gasteiger partial charge in [0.25, 0.3) is 0 Å². The van der Waals surface area contributed by atoms with Gasteiger partial charge in [0.1, 0.15) is 5.82 Å². The maximum Gasteiger partial charge on any atom is 0.124 e. The summed E-state index contributed by atoms with van der Waals surface area (Å²) in [5.41, 5.74) is 3.55. The standard InChI is InChI=1S/C12H12ClFN2S/c1-7-12(17-6-15-7)8(2)16-11-4-3-9(14)5-10(11)13/h3-6,8,16H,1-2H3. The number of aromatic nitrogens is 1. The maximum atomic E-state index is 12.9. The van der Waals surface area contributed by atoms with Crippen molar-refractivity contribution < 1.29 is 4.39 Å². The van der Waals surface area contributed by atoms with Gasteiger partial charge in [0, 0.05) is 4.88 Å². The van der Waals surface area contributed by atoms with E-state index in [1.54, 1.807) is 17.4 Å². The first kappa shape index (κ1) is 12.3. The zero-order valence-electron chi connectivity index (χ0n) is 9.50. The number of halogens is 2. The molecule has 1 aromatic carbocycles. The number of aryl methyl sites for hydroxylation is 1. The van der Waals surface area contributed by atoms with Crippen molar-refractivity contribution >= 4 is 28.6 Å². The van der Waals surface area contributed by atoms with Crippen LogP contribution in [0.25, 0.3) is 0 Å². The molecule has 1 atom stereocenters. The Labute approximate surface area is 108 Å². The fourth-order valence-corrected chi connectivity index (χ4v) is 2.66. The van der Waals surface area contributed by atoms with Gasteiger partial charge in [-0.05, 0) is 32.0 Å². The second kappa shape index (κ2) is 5.02. The van der Waals surface area contributed by atoms with Gasteiger partial charge >= 0.3 is 0 Å². The van der Waals surface area contributed by atoms with E-state index >= 15 is 0 Å². The Morgan fingerprint density at radius 1 is 1.47 bits per heavy atom. The van der Waals surface area contributed by atoms with Crippen LogP contribution in [0.1, 0.15) is 23.5 Å². The Kier molecular flexibility index (Phi) is 3.64. The monoisotopic (exact) mass is 270 g/mol. The summed E-state index contributed by atoms with van der Waals surface area (Å²) in [7, 11) is 0. The normalized spacial score (nSPS) is 12.5. The van der Waals surface area contributed by atoms with E-state index in [9.17, 15) is 4.39 Å². The number of benzene rings is 1. The number of anilines is 1. The van der Waals surface area contributed by atoms with Crippen LogP contribution in [-0.2, 0) is 0 Å². The van der Waals surface area contributed by atoms with Crippen LogP contribution < -0.4 is 5.32 Å². The summed E-state index contributed by atoms with van der Waals surface area (Å²) in [6.07, 6.45) is 0. The lowest BCUT2D eigenvalue weighted by molar-refractivity contribution is 0.628. The number of nitrogens with one attached hydrogen (secondary N) is 1. The van der Waals surface area contributed by atoms with E-state index in [0.717, 1.165) is 16.3 Å². The second-order valence-corrected chi connectivity index (χ2v) is 5.09. The van der Waals surface area contributed by atoms with E-state index in [-0.39, 0.29) is 11.9 Å². The maximum absolute atomic E-state index is 12.9. The van der Waals surface area contributed by atoms with Crippen LogP contribution in [0.15, 0.2) is 23.7 Å². The topological polar surface area (TPSA) is 24.9 Å². The molecule has 0 aliphatic carbocycles. The summed E-state index contributed by atoms with van der Waals surface area (Å²) >= 11 is 7.56. The average Bonchev–Trinajstić information content (AvgIpc) is 2.68. The van der Waals surface area contributed by atoms with Crippen molar-refractivity contribution in [3.8, 4) is 0 Å². The lowest BCUT2D eigenvalue weighted by Crippen LogP contribution is -2.06. The average molecular weight is 271 g/mol. The van der Waals surface area contributed by atoms with E-state index < -0.39 is 0 Å². The molecule has 0 fully saturated rings. The Morgan fingerprint density at radius 3 is 2.82 bits per heavy atom. The Morgan fingerprint density at radius 2 is 2.24 bits per heavy atom. The van der Waals surface area contributed by atoms with Crippen molar-refractivity contribution in [2.75, 3.05) is 5.32 Å². The number of hydrogen-bond donors (Lipinski definition) is 1. The highest BCUT2D eigenvalue weighted by Gasteiger charge is 2.12. The molecule has 2 rings (SSSR count). The molecule has 1 aromatic heterocycles. The lowest BCUT2D eigenvalue weighted by atomic mass is 10.2. The van der Waals surface area contributed by atoms with Gasteiger partial charge in [0.15, 0.2) is 0 Å². The predicted molar refractivity (Wildman–Crippen MR) is 70.3 cm³/mol. The molecule has 1 unspecified atom stereocenters. The minimum atomic E-state index is -0.331. The van der Waals surface area contributed by atoms with Gasteiger partial charge in [-0.15, -0.1) is 11.3 Å². The van der Waals surface area contributed by atoms with Crippen molar-refractivity contribution in [2.24, 2.45) is 0 Å². The van der Waals surface area contributed by atoms with E-state index in [0.29, 0.717) is 5.02 Å². The molecular weight excluding hydrogens is 259 g/mol. The van der Waals surface area contributed by atoms with Gasteiger partial charge in [-0.1, -0.05) is 11.6 Å². The third-order valence-corrected chi connectivity index (χ3v) is 3.91. The number of nitrogens with zero attached hydrogens (tertiary/aromatic N) is 1. The minimum absolute atomic E-state index is 0.102. The summed E-state index contributed by atoms with van der Waals surface area (Å²) in [4.78, 5) is 5.36. The smallest absolute Gasteiger partial charge is 0.124 e. The molecule has 5 heteroatoms. The van der Waals surface area contributed by atoms with Crippen molar-refractivity contribution in [1.29, 1.82) is 0 Å². The van der Waals surface area contributed by atoms with Gasteiger partial charge in [-0.2, -0.15) is 0 Å². The van der Waals surface area contributed by atoms with Crippen molar-refractivity contribution in [3.63, 3.8) is 0 Å². The molecule has 0 saturated carbocycles. The molecule has 0 bridgehead atoms. The van der Waals surface area contributed by atoms with Crippen LogP contribution in [0.4, 0.5) is 10.1 Å². The highest BCUT2D eigenvalue weighted by Crippen LogP contribution is 2.29. The van der Waals surface area contributed by atoms with Gasteiger partial charge in [-0.25, -0.2) is 9.37 Å².